The molecule has 0 aliphatic carbocycles. The van der Waals surface area contributed by atoms with Crippen molar-refractivity contribution in [2.75, 3.05) is 33.2 Å². The minimum absolute atomic E-state index is 0. The first-order valence-electron chi connectivity index (χ1n) is 5.20. The molecule has 78 valence electrons. The quantitative estimate of drug-likeness (QED) is 0.616. The lowest BCUT2D eigenvalue weighted by Crippen LogP contribution is -2.46. The monoisotopic (exact) mass is 184 g/mol. The molecule has 2 rings (SSSR count). The van der Waals surface area contributed by atoms with Crippen LogP contribution in [-0.4, -0.2) is 38.1 Å². The molecule has 2 aliphatic rings. The summed E-state index contributed by atoms with van der Waals surface area (Å²) in [5.74, 6) is 0. The average molecular weight is 184 g/mol. The van der Waals surface area contributed by atoms with E-state index >= 15 is 0 Å². The maximum Gasteiger partial charge on any atom is 0.000877 e. The zero-order valence-corrected chi connectivity index (χ0v) is 8.10. The van der Waals surface area contributed by atoms with Crippen molar-refractivity contribution in [2.45, 2.75) is 33.1 Å². The zero-order chi connectivity index (χ0) is 8.44. The molecule has 2 heteroatoms. The van der Waals surface area contributed by atoms with Gasteiger partial charge in [-0.15, -0.1) is 0 Å². The topological polar surface area (TPSA) is 15.3 Å². The highest BCUT2D eigenvalue weighted by molar-refractivity contribution is 4.89. The van der Waals surface area contributed by atoms with Crippen LogP contribution in [-0.2, 0) is 0 Å². The fraction of sp³-hybridized carbons (Fsp3) is 1.00. The Labute approximate surface area is 82.7 Å². The van der Waals surface area contributed by atoms with Crippen molar-refractivity contribution in [3.8, 4) is 0 Å². The van der Waals surface area contributed by atoms with Crippen LogP contribution in [0.2, 0.25) is 0 Å². The first-order valence-corrected chi connectivity index (χ1v) is 5.20. The summed E-state index contributed by atoms with van der Waals surface area (Å²) in [4.78, 5) is 2.46. The SMILES string of the molecule is C.CN1CCC2(CCCNC2)CC1. The fourth-order valence-corrected chi connectivity index (χ4v) is 2.55. The number of nitrogens with zero attached hydrogens (tertiary/aromatic N) is 1. The van der Waals surface area contributed by atoms with Crippen molar-refractivity contribution in [1.29, 1.82) is 0 Å². The van der Waals surface area contributed by atoms with Gasteiger partial charge < -0.3 is 10.2 Å². The summed E-state index contributed by atoms with van der Waals surface area (Å²) in [7, 11) is 2.24. The summed E-state index contributed by atoms with van der Waals surface area (Å²) >= 11 is 0. The Hall–Kier alpha value is -0.0800. The average Bonchev–Trinajstić information content (AvgIpc) is 2.13. The van der Waals surface area contributed by atoms with Crippen LogP contribution in [0.4, 0.5) is 0 Å². The van der Waals surface area contributed by atoms with Crippen molar-refractivity contribution in [3.05, 3.63) is 0 Å². The van der Waals surface area contributed by atoms with E-state index in [1.807, 2.05) is 0 Å². The van der Waals surface area contributed by atoms with Crippen LogP contribution in [0.15, 0.2) is 0 Å². The Kier molecular flexibility index (Phi) is 3.74. The van der Waals surface area contributed by atoms with Crippen LogP contribution in [0.25, 0.3) is 0 Å². The Bertz CT molecular complexity index is 140. The smallest absolute Gasteiger partial charge is 0.000877 e. The van der Waals surface area contributed by atoms with Gasteiger partial charge in [0, 0.05) is 6.54 Å². The summed E-state index contributed by atoms with van der Waals surface area (Å²) in [6, 6.07) is 0. The van der Waals surface area contributed by atoms with Crippen LogP contribution in [0.1, 0.15) is 33.1 Å². The normalized spacial score (nSPS) is 28.4. The van der Waals surface area contributed by atoms with Crippen molar-refractivity contribution >= 4 is 0 Å². The van der Waals surface area contributed by atoms with E-state index in [2.05, 4.69) is 17.3 Å². The third kappa shape index (κ3) is 2.44. The van der Waals surface area contributed by atoms with Crippen LogP contribution >= 0.6 is 0 Å². The van der Waals surface area contributed by atoms with Gasteiger partial charge in [0.1, 0.15) is 0 Å². The maximum atomic E-state index is 3.54. The minimum atomic E-state index is 0. The first-order chi connectivity index (χ1) is 5.81. The van der Waals surface area contributed by atoms with Gasteiger partial charge in [0.15, 0.2) is 0 Å². The van der Waals surface area contributed by atoms with Gasteiger partial charge in [-0.1, -0.05) is 7.43 Å². The second-order valence-electron chi connectivity index (χ2n) is 4.58. The number of piperidine rings is 2. The number of likely N-dealkylation sites (tertiary alicyclic amines) is 1. The Morgan fingerprint density at radius 2 is 1.85 bits per heavy atom. The number of rotatable bonds is 0. The number of hydrogen-bond acceptors (Lipinski definition) is 2. The lowest BCUT2D eigenvalue weighted by atomic mass is 9.73. The molecule has 2 heterocycles. The molecule has 0 amide bonds. The van der Waals surface area contributed by atoms with Crippen molar-refractivity contribution in [3.63, 3.8) is 0 Å². The zero-order valence-electron chi connectivity index (χ0n) is 8.10. The lowest BCUT2D eigenvalue weighted by Gasteiger charge is -2.43. The Balaban J connectivity index is 0.000000845. The molecule has 13 heavy (non-hydrogen) atoms. The molecule has 0 aromatic rings. The second kappa shape index (κ2) is 4.43. The molecule has 0 aromatic heterocycles. The molecular weight excluding hydrogens is 160 g/mol. The Morgan fingerprint density at radius 3 is 2.38 bits per heavy atom. The van der Waals surface area contributed by atoms with E-state index < -0.39 is 0 Å². The molecular formula is C11H24N2. The molecule has 1 N–H and O–H groups in total. The van der Waals surface area contributed by atoms with Gasteiger partial charge in [-0.05, 0) is 57.8 Å². The highest BCUT2D eigenvalue weighted by atomic mass is 15.1. The van der Waals surface area contributed by atoms with Gasteiger partial charge in [-0.3, -0.25) is 0 Å². The standard InChI is InChI=1S/C10H20N2.CH4/c1-12-7-4-10(5-8-12)3-2-6-11-9-10;/h11H,2-9H2,1H3;1H4. The summed E-state index contributed by atoms with van der Waals surface area (Å²) < 4.78 is 0. The molecule has 2 aliphatic heterocycles. The van der Waals surface area contributed by atoms with Gasteiger partial charge in [-0.2, -0.15) is 0 Å². The largest absolute Gasteiger partial charge is 0.316 e. The third-order valence-electron chi connectivity index (χ3n) is 3.61. The fourth-order valence-electron chi connectivity index (χ4n) is 2.55. The van der Waals surface area contributed by atoms with Gasteiger partial charge in [0.2, 0.25) is 0 Å². The van der Waals surface area contributed by atoms with Crippen LogP contribution in [0.5, 0.6) is 0 Å². The summed E-state index contributed by atoms with van der Waals surface area (Å²) in [5, 5.41) is 3.54. The molecule has 2 saturated heterocycles. The van der Waals surface area contributed by atoms with E-state index in [0.29, 0.717) is 5.41 Å². The minimum Gasteiger partial charge on any atom is -0.316 e. The number of hydrogen-bond donors (Lipinski definition) is 1. The number of nitrogens with one attached hydrogen (secondary N) is 1. The van der Waals surface area contributed by atoms with E-state index in [9.17, 15) is 0 Å². The molecule has 0 saturated carbocycles. The summed E-state index contributed by atoms with van der Waals surface area (Å²) in [5.41, 5.74) is 0.685. The first kappa shape index (κ1) is 11.0. The molecule has 0 unspecified atom stereocenters. The van der Waals surface area contributed by atoms with Crippen molar-refractivity contribution in [1.82, 2.24) is 10.2 Å². The predicted molar refractivity (Wildman–Crippen MR) is 58.0 cm³/mol. The predicted octanol–water partition coefficient (Wildman–Crippen LogP) is 1.72. The maximum absolute atomic E-state index is 3.54. The third-order valence-corrected chi connectivity index (χ3v) is 3.61. The van der Waals surface area contributed by atoms with Gasteiger partial charge >= 0.3 is 0 Å². The van der Waals surface area contributed by atoms with E-state index in [1.165, 1.54) is 51.9 Å². The molecule has 1 spiro atoms. The van der Waals surface area contributed by atoms with E-state index in [4.69, 9.17) is 0 Å². The van der Waals surface area contributed by atoms with E-state index in [0.717, 1.165) is 0 Å². The molecule has 0 aromatic carbocycles. The van der Waals surface area contributed by atoms with Gasteiger partial charge in [0.25, 0.3) is 0 Å². The van der Waals surface area contributed by atoms with Crippen molar-refractivity contribution in [2.24, 2.45) is 5.41 Å². The van der Waals surface area contributed by atoms with Gasteiger partial charge in [0.05, 0.1) is 0 Å². The van der Waals surface area contributed by atoms with Crippen LogP contribution in [0.3, 0.4) is 0 Å². The van der Waals surface area contributed by atoms with Crippen LogP contribution < -0.4 is 5.32 Å². The molecule has 2 nitrogen and oxygen atoms in total. The summed E-state index contributed by atoms with van der Waals surface area (Å²) in [6.45, 7) is 5.14. The lowest BCUT2D eigenvalue weighted by molar-refractivity contribution is 0.0930. The Morgan fingerprint density at radius 1 is 1.15 bits per heavy atom. The second-order valence-corrected chi connectivity index (χ2v) is 4.58. The molecule has 0 radical (unpaired) electrons. The van der Waals surface area contributed by atoms with E-state index in [-0.39, 0.29) is 7.43 Å². The molecule has 2 fully saturated rings. The molecule has 0 bridgehead atoms. The van der Waals surface area contributed by atoms with Gasteiger partial charge in [-0.25, -0.2) is 0 Å². The van der Waals surface area contributed by atoms with E-state index in [1.54, 1.807) is 0 Å². The molecule has 0 atom stereocenters. The van der Waals surface area contributed by atoms with Crippen molar-refractivity contribution < 1.29 is 0 Å². The highest BCUT2D eigenvalue weighted by Gasteiger charge is 2.34. The van der Waals surface area contributed by atoms with Crippen LogP contribution in [0, 0.1) is 5.41 Å². The summed E-state index contributed by atoms with van der Waals surface area (Å²) in [6.07, 6.45) is 5.69. The highest BCUT2D eigenvalue weighted by Crippen LogP contribution is 2.36.